The van der Waals surface area contributed by atoms with Crippen molar-refractivity contribution < 1.29 is 14.4 Å². The van der Waals surface area contributed by atoms with Gasteiger partial charge in [-0.05, 0) is 49.6 Å². The number of likely N-dealkylation sites (N-methyl/N-ethyl adjacent to an activating group) is 1. The highest BCUT2D eigenvalue weighted by molar-refractivity contribution is 9.13. The third-order valence-corrected chi connectivity index (χ3v) is 5.29. The summed E-state index contributed by atoms with van der Waals surface area (Å²) in [6.45, 7) is 0. The normalized spacial score (nSPS) is 13.7. The number of H-pyrrole nitrogens is 1. The Balaban J connectivity index is 2.43. The molecule has 2 N–H and O–H groups in total. The van der Waals surface area contributed by atoms with E-state index in [9.17, 15) is 9.90 Å². The number of aromatic amines is 1. The van der Waals surface area contributed by atoms with Gasteiger partial charge in [-0.2, -0.15) is 0 Å². The number of halogens is 2. The zero-order valence-corrected chi connectivity index (χ0v) is 14.7. The summed E-state index contributed by atoms with van der Waals surface area (Å²) in [6.07, 6.45) is 2.39. The van der Waals surface area contributed by atoms with Crippen LogP contribution in [0.2, 0.25) is 0 Å². The summed E-state index contributed by atoms with van der Waals surface area (Å²) in [7, 11) is 5.71. The lowest BCUT2D eigenvalue weighted by Gasteiger charge is -2.31. The van der Waals surface area contributed by atoms with E-state index in [2.05, 4.69) is 36.8 Å². The lowest BCUT2D eigenvalue weighted by atomic mass is 10.0. The maximum absolute atomic E-state index is 11.5. The zero-order valence-electron chi connectivity index (χ0n) is 11.6. The minimum Gasteiger partial charge on any atom is -0.477 e. The van der Waals surface area contributed by atoms with E-state index in [-0.39, 0.29) is 0 Å². The third kappa shape index (κ3) is 3.07. The van der Waals surface area contributed by atoms with Crippen LogP contribution in [0.5, 0.6) is 0 Å². The number of hydrogen-bond acceptors (Lipinski definition) is 1. The van der Waals surface area contributed by atoms with E-state index < -0.39 is 12.0 Å². The minimum atomic E-state index is -0.775. The van der Waals surface area contributed by atoms with Gasteiger partial charge in [-0.15, -0.1) is 0 Å². The second-order valence-electron chi connectivity index (χ2n) is 5.80. The fraction of sp³-hybridized carbons (Fsp3) is 0.357. The summed E-state index contributed by atoms with van der Waals surface area (Å²) in [5.41, 5.74) is 2.02. The fourth-order valence-electron chi connectivity index (χ4n) is 2.24. The van der Waals surface area contributed by atoms with Crippen LogP contribution in [0.4, 0.5) is 0 Å². The number of nitrogens with one attached hydrogen (secondary N) is 1. The number of nitrogens with zero attached hydrogens (tertiary/aromatic N) is 1. The van der Waals surface area contributed by atoms with Crippen LogP contribution in [0.25, 0.3) is 10.9 Å². The van der Waals surface area contributed by atoms with Crippen molar-refractivity contribution in [2.75, 3.05) is 21.1 Å². The van der Waals surface area contributed by atoms with Gasteiger partial charge in [-0.1, -0.05) is 0 Å². The second kappa shape index (κ2) is 5.50. The SMILES string of the molecule is C[N+](C)(C)[C@@H](Cc1c[nH]c2cc(Br)c(Br)cc12)C(=O)O. The van der Waals surface area contributed by atoms with Gasteiger partial charge >= 0.3 is 5.97 Å². The molecular weight excluding hydrogens is 388 g/mol. The van der Waals surface area contributed by atoms with E-state index >= 15 is 0 Å². The number of aliphatic carboxylic acids is 1. The maximum Gasteiger partial charge on any atom is 0.362 e. The van der Waals surface area contributed by atoms with Crippen LogP contribution in [0, 0.1) is 0 Å². The molecule has 20 heavy (non-hydrogen) atoms. The molecule has 2 aromatic rings. The molecule has 0 amide bonds. The number of quaternary nitrogens is 1. The second-order valence-corrected chi connectivity index (χ2v) is 7.51. The Morgan fingerprint density at radius 3 is 2.45 bits per heavy atom. The van der Waals surface area contributed by atoms with Crippen molar-refractivity contribution in [3.63, 3.8) is 0 Å². The predicted octanol–water partition coefficient (Wildman–Crippen LogP) is 3.39. The lowest BCUT2D eigenvalue weighted by molar-refractivity contribution is -0.887. The molecule has 0 aliphatic carbocycles. The molecule has 108 valence electrons. The first-order valence-corrected chi connectivity index (χ1v) is 7.77. The van der Waals surface area contributed by atoms with Gasteiger partial charge in [0.2, 0.25) is 0 Å². The number of carbonyl (C=O) groups is 1. The minimum absolute atomic E-state index is 0.389. The summed E-state index contributed by atoms with van der Waals surface area (Å²) >= 11 is 6.96. The van der Waals surface area contributed by atoms with Crippen LogP contribution >= 0.6 is 31.9 Å². The van der Waals surface area contributed by atoms with Gasteiger partial charge in [0.15, 0.2) is 6.04 Å². The van der Waals surface area contributed by atoms with Crippen molar-refractivity contribution in [3.8, 4) is 0 Å². The van der Waals surface area contributed by atoms with Crippen LogP contribution in [-0.4, -0.2) is 47.7 Å². The average Bonchev–Trinajstić information content (AvgIpc) is 2.67. The summed E-state index contributed by atoms with van der Waals surface area (Å²) in [6, 6.07) is 3.53. The van der Waals surface area contributed by atoms with Gasteiger partial charge in [-0.3, -0.25) is 0 Å². The van der Waals surface area contributed by atoms with Crippen molar-refractivity contribution in [2.24, 2.45) is 0 Å². The molecule has 0 fully saturated rings. The standard InChI is InChI=1S/C14H16Br2N2O2/c1-18(2,3)13(14(19)20)4-8-7-17-12-6-11(16)10(15)5-9(8)12/h5-7,13,17H,4H2,1-3H3/p+1/t13-/m0/s1. The number of rotatable bonds is 4. The Kier molecular flexibility index (Phi) is 4.27. The molecule has 0 saturated heterocycles. The summed E-state index contributed by atoms with van der Waals surface area (Å²) in [5.74, 6) is -0.775. The highest BCUT2D eigenvalue weighted by atomic mass is 79.9. The number of carboxylic acid groups (broad SMARTS) is 1. The first-order valence-electron chi connectivity index (χ1n) is 6.19. The molecule has 1 atom stereocenters. The van der Waals surface area contributed by atoms with Gasteiger partial charge in [0.25, 0.3) is 0 Å². The molecular formula is C14H17Br2N2O2+. The average molecular weight is 405 g/mol. The Labute approximate surface area is 134 Å². The largest absolute Gasteiger partial charge is 0.477 e. The first-order chi connectivity index (χ1) is 9.20. The van der Waals surface area contributed by atoms with Crippen molar-refractivity contribution in [1.82, 2.24) is 4.98 Å². The van der Waals surface area contributed by atoms with Crippen molar-refractivity contribution >= 4 is 48.7 Å². The molecule has 0 saturated carbocycles. The fourth-order valence-corrected chi connectivity index (χ4v) is 2.93. The van der Waals surface area contributed by atoms with Gasteiger partial charge in [0, 0.05) is 32.5 Å². The summed E-state index contributed by atoms with van der Waals surface area (Å²) in [4.78, 5) is 14.7. The number of aromatic nitrogens is 1. The molecule has 0 radical (unpaired) electrons. The van der Waals surface area contributed by atoms with Crippen LogP contribution in [0.15, 0.2) is 27.3 Å². The first kappa shape index (κ1) is 15.5. The Morgan fingerprint density at radius 1 is 1.30 bits per heavy atom. The van der Waals surface area contributed by atoms with E-state index in [1.165, 1.54) is 0 Å². The summed E-state index contributed by atoms with van der Waals surface area (Å²) < 4.78 is 2.32. The van der Waals surface area contributed by atoms with Crippen LogP contribution in [-0.2, 0) is 11.2 Å². The van der Waals surface area contributed by atoms with Gasteiger partial charge in [0.1, 0.15) is 0 Å². The number of carboxylic acids is 1. The van der Waals surface area contributed by atoms with Crippen molar-refractivity contribution in [1.29, 1.82) is 0 Å². The van der Waals surface area contributed by atoms with Gasteiger partial charge in [-0.25, -0.2) is 4.79 Å². The smallest absolute Gasteiger partial charge is 0.362 e. The molecule has 2 rings (SSSR count). The third-order valence-electron chi connectivity index (χ3n) is 3.44. The van der Waals surface area contributed by atoms with Crippen LogP contribution in [0.1, 0.15) is 5.56 Å². The molecule has 1 heterocycles. The molecule has 0 aliphatic heterocycles. The quantitative estimate of drug-likeness (QED) is 0.767. The van der Waals surface area contributed by atoms with E-state index in [1.807, 2.05) is 39.5 Å². The van der Waals surface area contributed by atoms with E-state index in [4.69, 9.17) is 0 Å². The molecule has 0 spiro atoms. The topological polar surface area (TPSA) is 53.1 Å². The Morgan fingerprint density at radius 2 is 1.90 bits per heavy atom. The van der Waals surface area contributed by atoms with Gasteiger partial charge < -0.3 is 14.6 Å². The molecule has 0 bridgehead atoms. The Hall–Kier alpha value is -0.850. The van der Waals surface area contributed by atoms with Crippen LogP contribution < -0.4 is 0 Å². The molecule has 0 aliphatic rings. The van der Waals surface area contributed by atoms with E-state index in [0.29, 0.717) is 10.9 Å². The highest BCUT2D eigenvalue weighted by Crippen LogP contribution is 2.31. The van der Waals surface area contributed by atoms with E-state index in [0.717, 1.165) is 25.4 Å². The molecule has 6 heteroatoms. The molecule has 1 aromatic carbocycles. The number of benzene rings is 1. The highest BCUT2D eigenvalue weighted by Gasteiger charge is 2.32. The maximum atomic E-state index is 11.5. The van der Waals surface area contributed by atoms with Crippen molar-refractivity contribution in [2.45, 2.75) is 12.5 Å². The zero-order chi connectivity index (χ0) is 15.1. The summed E-state index contributed by atoms with van der Waals surface area (Å²) in [5, 5.41) is 10.5. The van der Waals surface area contributed by atoms with Gasteiger partial charge in [0.05, 0.1) is 21.1 Å². The monoisotopic (exact) mass is 403 g/mol. The number of fused-ring (bicyclic) bond motifs is 1. The van der Waals surface area contributed by atoms with Crippen molar-refractivity contribution in [3.05, 3.63) is 32.8 Å². The number of hydrogen-bond donors (Lipinski definition) is 2. The molecule has 4 nitrogen and oxygen atoms in total. The Bertz CT molecular complexity index is 659. The molecule has 1 aromatic heterocycles. The van der Waals surface area contributed by atoms with Crippen LogP contribution in [0.3, 0.4) is 0 Å². The van der Waals surface area contributed by atoms with E-state index in [1.54, 1.807) is 0 Å². The molecule has 0 unspecified atom stereocenters. The lowest BCUT2D eigenvalue weighted by Crippen LogP contribution is -2.51. The predicted molar refractivity (Wildman–Crippen MR) is 86.9 cm³/mol.